The van der Waals surface area contributed by atoms with E-state index in [1.165, 1.54) is 0 Å². The third kappa shape index (κ3) is 9.92. The minimum atomic E-state index is 0.355. The molecule has 68 valence electrons. The van der Waals surface area contributed by atoms with E-state index in [0.717, 1.165) is 26.1 Å². The summed E-state index contributed by atoms with van der Waals surface area (Å²) >= 11 is 0. The van der Waals surface area contributed by atoms with E-state index in [1.54, 1.807) is 6.61 Å². The Morgan fingerprint density at radius 2 is 1.82 bits per heavy atom. The van der Waals surface area contributed by atoms with Crippen LogP contribution in [0.4, 0.5) is 0 Å². The lowest BCUT2D eigenvalue weighted by Crippen LogP contribution is -2.04. The second-order valence-corrected chi connectivity index (χ2v) is 2.73. The molecule has 2 heteroatoms. The summed E-state index contributed by atoms with van der Waals surface area (Å²) in [5.74, 6) is 0. The maximum atomic E-state index is 5.36. The van der Waals surface area contributed by atoms with E-state index >= 15 is 0 Å². The summed E-state index contributed by atoms with van der Waals surface area (Å²) in [7, 11) is 0. The Morgan fingerprint density at radius 1 is 1.18 bits per heavy atom. The Kier molecular flexibility index (Phi) is 7.96. The molecule has 0 aliphatic rings. The Labute approximate surface area is 69.9 Å². The fourth-order valence-corrected chi connectivity index (χ4v) is 0.724. The molecule has 0 heterocycles. The van der Waals surface area contributed by atoms with E-state index in [0.29, 0.717) is 6.10 Å². The minimum Gasteiger partial charge on any atom is -0.552 e. The van der Waals surface area contributed by atoms with Gasteiger partial charge in [0, 0.05) is 13.2 Å². The molecule has 2 nitrogen and oxygen atoms in total. The van der Waals surface area contributed by atoms with Crippen molar-refractivity contribution in [1.82, 2.24) is 0 Å². The van der Waals surface area contributed by atoms with Gasteiger partial charge in [0.05, 0.1) is 6.10 Å². The van der Waals surface area contributed by atoms with Gasteiger partial charge in [-0.05, 0) is 26.7 Å². The molecular weight excluding hydrogens is 140 g/mol. The Balaban J connectivity index is 2.80. The molecule has 0 unspecified atom stereocenters. The summed E-state index contributed by atoms with van der Waals surface area (Å²) < 4.78 is 10.4. The lowest BCUT2D eigenvalue weighted by atomic mass is 10.3. The van der Waals surface area contributed by atoms with E-state index < -0.39 is 0 Å². The van der Waals surface area contributed by atoms with Crippen molar-refractivity contribution in [3.63, 3.8) is 0 Å². The van der Waals surface area contributed by atoms with Gasteiger partial charge in [-0.2, -0.15) is 6.92 Å². The summed E-state index contributed by atoms with van der Waals surface area (Å²) in [5, 5.41) is 0. The van der Waals surface area contributed by atoms with Gasteiger partial charge < -0.3 is 9.47 Å². The lowest BCUT2D eigenvalue weighted by Gasteiger charge is -2.10. The molecule has 0 saturated carbocycles. The zero-order valence-electron chi connectivity index (χ0n) is 7.80. The van der Waals surface area contributed by atoms with Crippen LogP contribution in [0, 0.1) is 6.61 Å². The SMILES string of the molecule is C[CH-]OCCCCOC(C)C. The first-order valence-electron chi connectivity index (χ1n) is 4.28. The highest BCUT2D eigenvalue weighted by molar-refractivity contribution is 4.42. The summed E-state index contributed by atoms with van der Waals surface area (Å²) in [4.78, 5) is 0. The molecule has 0 N–H and O–H groups in total. The molecule has 0 amide bonds. The van der Waals surface area contributed by atoms with Crippen LogP contribution in [0.2, 0.25) is 0 Å². The van der Waals surface area contributed by atoms with Crippen molar-refractivity contribution in [2.75, 3.05) is 13.2 Å². The van der Waals surface area contributed by atoms with Crippen molar-refractivity contribution in [2.45, 2.75) is 39.7 Å². The highest BCUT2D eigenvalue weighted by Gasteiger charge is 1.91. The summed E-state index contributed by atoms with van der Waals surface area (Å²) in [6, 6.07) is 0. The number of hydrogen-bond donors (Lipinski definition) is 0. The van der Waals surface area contributed by atoms with Gasteiger partial charge in [0.25, 0.3) is 0 Å². The average Bonchev–Trinajstić information content (AvgIpc) is 1.96. The van der Waals surface area contributed by atoms with Crippen molar-refractivity contribution < 1.29 is 9.47 Å². The van der Waals surface area contributed by atoms with Gasteiger partial charge in [0.1, 0.15) is 0 Å². The van der Waals surface area contributed by atoms with E-state index in [2.05, 4.69) is 13.8 Å². The van der Waals surface area contributed by atoms with Gasteiger partial charge in [0.15, 0.2) is 0 Å². The maximum absolute atomic E-state index is 5.36. The lowest BCUT2D eigenvalue weighted by molar-refractivity contribution is 0.0712. The van der Waals surface area contributed by atoms with Crippen molar-refractivity contribution in [1.29, 1.82) is 0 Å². The highest BCUT2D eigenvalue weighted by atomic mass is 16.5. The summed E-state index contributed by atoms with van der Waals surface area (Å²) in [6.45, 7) is 9.39. The van der Waals surface area contributed by atoms with Crippen molar-refractivity contribution >= 4 is 0 Å². The van der Waals surface area contributed by atoms with E-state index in [4.69, 9.17) is 9.47 Å². The largest absolute Gasteiger partial charge is 0.552 e. The third-order valence-electron chi connectivity index (χ3n) is 1.27. The van der Waals surface area contributed by atoms with Crippen LogP contribution < -0.4 is 0 Å². The maximum Gasteiger partial charge on any atom is 0.0518 e. The number of ether oxygens (including phenoxy) is 2. The number of unbranched alkanes of at least 4 members (excludes halogenated alkanes) is 1. The molecule has 0 radical (unpaired) electrons. The van der Waals surface area contributed by atoms with Crippen LogP contribution in [0.25, 0.3) is 0 Å². The molecule has 0 aromatic heterocycles. The summed E-state index contributed by atoms with van der Waals surface area (Å²) in [5.41, 5.74) is 0. The summed E-state index contributed by atoms with van der Waals surface area (Å²) in [6.07, 6.45) is 2.52. The molecule has 0 aromatic carbocycles. The van der Waals surface area contributed by atoms with E-state index in [9.17, 15) is 0 Å². The van der Waals surface area contributed by atoms with Gasteiger partial charge in [-0.1, -0.05) is 0 Å². The molecule has 11 heavy (non-hydrogen) atoms. The van der Waals surface area contributed by atoms with Crippen LogP contribution in [0.15, 0.2) is 0 Å². The standard InChI is InChI=1S/C9H19O2/c1-4-10-7-5-6-8-11-9(2)3/h4,9H,5-8H2,1-3H3/q-1. The van der Waals surface area contributed by atoms with Crippen LogP contribution in [0.5, 0.6) is 0 Å². The average molecular weight is 159 g/mol. The zero-order chi connectivity index (χ0) is 8.53. The van der Waals surface area contributed by atoms with Gasteiger partial charge in [-0.25, -0.2) is 6.61 Å². The molecule has 0 rings (SSSR count). The first-order chi connectivity index (χ1) is 5.27. The fraction of sp³-hybridized carbons (Fsp3) is 0.889. The van der Waals surface area contributed by atoms with Gasteiger partial charge in [-0.15, -0.1) is 0 Å². The molecule has 0 saturated heterocycles. The molecular formula is C9H19O2-. The van der Waals surface area contributed by atoms with Crippen LogP contribution in [0.1, 0.15) is 33.6 Å². The van der Waals surface area contributed by atoms with Gasteiger partial charge in [0.2, 0.25) is 0 Å². The predicted molar refractivity (Wildman–Crippen MR) is 46.2 cm³/mol. The fourth-order valence-electron chi connectivity index (χ4n) is 0.724. The molecule has 0 atom stereocenters. The van der Waals surface area contributed by atoms with Crippen LogP contribution in [-0.2, 0) is 9.47 Å². The third-order valence-corrected chi connectivity index (χ3v) is 1.27. The van der Waals surface area contributed by atoms with Crippen LogP contribution in [0.3, 0.4) is 0 Å². The second kappa shape index (κ2) is 8.02. The van der Waals surface area contributed by atoms with Gasteiger partial charge >= 0.3 is 0 Å². The normalized spacial score (nSPS) is 10.9. The van der Waals surface area contributed by atoms with E-state index in [-0.39, 0.29) is 0 Å². The number of hydrogen-bond acceptors (Lipinski definition) is 2. The van der Waals surface area contributed by atoms with Crippen LogP contribution in [-0.4, -0.2) is 19.3 Å². The molecule has 0 spiro atoms. The van der Waals surface area contributed by atoms with E-state index in [1.807, 2.05) is 6.92 Å². The first-order valence-corrected chi connectivity index (χ1v) is 4.28. The Morgan fingerprint density at radius 3 is 2.36 bits per heavy atom. The Bertz CT molecular complexity index is 72.0. The number of rotatable bonds is 7. The smallest absolute Gasteiger partial charge is 0.0518 e. The Hall–Kier alpha value is -0.0800. The topological polar surface area (TPSA) is 18.5 Å². The molecule has 0 fully saturated rings. The van der Waals surface area contributed by atoms with Crippen molar-refractivity contribution in [3.8, 4) is 0 Å². The quantitative estimate of drug-likeness (QED) is 0.419. The van der Waals surface area contributed by atoms with Gasteiger partial charge in [-0.3, -0.25) is 0 Å². The predicted octanol–water partition coefficient (Wildman–Crippen LogP) is 2.39. The molecule has 0 aliphatic carbocycles. The molecule has 0 bridgehead atoms. The second-order valence-electron chi connectivity index (χ2n) is 2.73. The molecule has 0 aliphatic heterocycles. The molecule has 0 aromatic rings. The highest BCUT2D eigenvalue weighted by Crippen LogP contribution is 1.95. The van der Waals surface area contributed by atoms with Crippen LogP contribution >= 0.6 is 0 Å². The van der Waals surface area contributed by atoms with Crippen molar-refractivity contribution in [2.24, 2.45) is 0 Å². The monoisotopic (exact) mass is 159 g/mol. The van der Waals surface area contributed by atoms with Crippen molar-refractivity contribution in [3.05, 3.63) is 6.61 Å². The first kappa shape index (κ1) is 10.9. The minimum absolute atomic E-state index is 0.355. The zero-order valence-corrected chi connectivity index (χ0v) is 7.80.